The molecule has 3 unspecified atom stereocenters. The third kappa shape index (κ3) is 5.50. The summed E-state index contributed by atoms with van der Waals surface area (Å²) < 4.78 is 4.91. The standard InChI is InChI=1S/C13H26N2O2/c1-10-4-5-12(8-11(10)2)15-13(16)9-14-6-7-17-3/h10-12,14H,4-9H2,1-3H3,(H,15,16). The van der Waals surface area contributed by atoms with Gasteiger partial charge in [0.25, 0.3) is 0 Å². The van der Waals surface area contributed by atoms with Gasteiger partial charge >= 0.3 is 0 Å². The Hall–Kier alpha value is -0.610. The van der Waals surface area contributed by atoms with Crippen molar-refractivity contribution in [3.8, 4) is 0 Å². The highest BCUT2D eigenvalue weighted by atomic mass is 16.5. The summed E-state index contributed by atoms with van der Waals surface area (Å²) >= 11 is 0. The van der Waals surface area contributed by atoms with Gasteiger partial charge in [0.05, 0.1) is 13.2 Å². The van der Waals surface area contributed by atoms with Crippen molar-refractivity contribution in [1.29, 1.82) is 0 Å². The largest absolute Gasteiger partial charge is 0.383 e. The van der Waals surface area contributed by atoms with E-state index in [9.17, 15) is 4.79 Å². The average Bonchev–Trinajstić information content (AvgIpc) is 2.30. The second-order valence-corrected chi connectivity index (χ2v) is 5.20. The quantitative estimate of drug-likeness (QED) is 0.687. The summed E-state index contributed by atoms with van der Waals surface area (Å²) in [6, 6.07) is 0.373. The van der Waals surface area contributed by atoms with Crippen LogP contribution in [0.5, 0.6) is 0 Å². The molecule has 100 valence electrons. The van der Waals surface area contributed by atoms with E-state index >= 15 is 0 Å². The Bertz CT molecular complexity index is 233. The molecular weight excluding hydrogens is 216 g/mol. The summed E-state index contributed by atoms with van der Waals surface area (Å²) in [6.45, 7) is 6.34. The fourth-order valence-corrected chi connectivity index (χ4v) is 2.33. The number of rotatable bonds is 6. The van der Waals surface area contributed by atoms with Crippen LogP contribution in [-0.4, -0.2) is 38.8 Å². The van der Waals surface area contributed by atoms with Gasteiger partial charge in [-0.15, -0.1) is 0 Å². The van der Waals surface area contributed by atoms with Crippen LogP contribution in [-0.2, 0) is 9.53 Å². The molecule has 0 aliphatic heterocycles. The summed E-state index contributed by atoms with van der Waals surface area (Å²) in [5, 5.41) is 6.16. The first-order chi connectivity index (χ1) is 8.13. The maximum atomic E-state index is 11.6. The Balaban J connectivity index is 2.14. The van der Waals surface area contributed by atoms with E-state index < -0.39 is 0 Å². The highest BCUT2D eigenvalue weighted by Gasteiger charge is 2.25. The molecule has 0 radical (unpaired) electrons. The zero-order valence-corrected chi connectivity index (χ0v) is 11.3. The third-order valence-corrected chi connectivity index (χ3v) is 3.73. The maximum Gasteiger partial charge on any atom is 0.234 e. The molecule has 1 saturated carbocycles. The van der Waals surface area contributed by atoms with Crippen molar-refractivity contribution in [2.75, 3.05) is 26.8 Å². The predicted octanol–water partition coefficient (Wildman–Crippen LogP) is 1.16. The molecule has 0 bridgehead atoms. The summed E-state index contributed by atoms with van der Waals surface area (Å²) in [4.78, 5) is 11.6. The second-order valence-electron chi connectivity index (χ2n) is 5.20. The number of nitrogens with one attached hydrogen (secondary N) is 2. The average molecular weight is 242 g/mol. The summed E-state index contributed by atoms with van der Waals surface area (Å²) in [5.74, 6) is 1.62. The second kappa shape index (κ2) is 7.67. The highest BCUT2D eigenvalue weighted by molar-refractivity contribution is 5.78. The minimum absolute atomic E-state index is 0.104. The number of hydrogen-bond acceptors (Lipinski definition) is 3. The van der Waals surface area contributed by atoms with E-state index in [4.69, 9.17) is 4.74 Å². The molecule has 0 aromatic rings. The van der Waals surface area contributed by atoms with E-state index in [1.165, 1.54) is 6.42 Å². The molecule has 0 heterocycles. The van der Waals surface area contributed by atoms with Gasteiger partial charge in [-0.25, -0.2) is 0 Å². The van der Waals surface area contributed by atoms with Gasteiger partial charge in [-0.2, -0.15) is 0 Å². The topological polar surface area (TPSA) is 50.4 Å². The molecule has 2 N–H and O–H groups in total. The van der Waals surface area contributed by atoms with E-state index in [1.807, 2.05) is 0 Å². The van der Waals surface area contributed by atoms with Gasteiger partial charge in [-0.1, -0.05) is 13.8 Å². The van der Waals surface area contributed by atoms with Crippen LogP contribution >= 0.6 is 0 Å². The van der Waals surface area contributed by atoms with Crippen LogP contribution in [0.25, 0.3) is 0 Å². The van der Waals surface area contributed by atoms with Crippen molar-refractivity contribution in [2.24, 2.45) is 11.8 Å². The van der Waals surface area contributed by atoms with Gasteiger partial charge in [-0.05, 0) is 31.1 Å². The van der Waals surface area contributed by atoms with E-state index in [0.29, 0.717) is 19.2 Å². The molecule has 0 aromatic heterocycles. The molecular formula is C13H26N2O2. The fourth-order valence-electron chi connectivity index (χ4n) is 2.33. The van der Waals surface area contributed by atoms with E-state index in [1.54, 1.807) is 7.11 Å². The van der Waals surface area contributed by atoms with E-state index in [-0.39, 0.29) is 5.91 Å². The Labute approximate surface area is 104 Å². The lowest BCUT2D eigenvalue weighted by Crippen LogP contribution is -2.43. The van der Waals surface area contributed by atoms with Gasteiger partial charge in [-0.3, -0.25) is 4.79 Å². The highest BCUT2D eigenvalue weighted by Crippen LogP contribution is 2.29. The lowest BCUT2D eigenvalue weighted by Gasteiger charge is -2.32. The van der Waals surface area contributed by atoms with Gasteiger partial charge in [0.2, 0.25) is 5.91 Å². The van der Waals surface area contributed by atoms with E-state index in [0.717, 1.165) is 31.2 Å². The van der Waals surface area contributed by atoms with Gasteiger partial charge in [0.1, 0.15) is 0 Å². The van der Waals surface area contributed by atoms with Crippen LogP contribution in [0.15, 0.2) is 0 Å². The molecule has 17 heavy (non-hydrogen) atoms. The smallest absolute Gasteiger partial charge is 0.234 e. The minimum Gasteiger partial charge on any atom is -0.383 e. The Morgan fingerprint density at radius 2 is 2.06 bits per heavy atom. The van der Waals surface area contributed by atoms with Gasteiger partial charge in [0, 0.05) is 19.7 Å². The third-order valence-electron chi connectivity index (χ3n) is 3.73. The lowest BCUT2D eigenvalue weighted by atomic mass is 9.79. The first-order valence-electron chi connectivity index (χ1n) is 6.62. The molecule has 4 heteroatoms. The zero-order valence-electron chi connectivity index (χ0n) is 11.3. The van der Waals surface area contributed by atoms with Crippen molar-refractivity contribution in [3.05, 3.63) is 0 Å². The lowest BCUT2D eigenvalue weighted by molar-refractivity contribution is -0.121. The number of carbonyl (C=O) groups excluding carboxylic acids is 1. The first kappa shape index (κ1) is 14.5. The maximum absolute atomic E-state index is 11.6. The minimum atomic E-state index is 0.104. The fraction of sp³-hybridized carbons (Fsp3) is 0.923. The molecule has 0 saturated heterocycles. The summed E-state index contributed by atoms with van der Waals surface area (Å²) in [6.07, 6.45) is 3.46. The van der Waals surface area contributed by atoms with Crippen LogP contribution < -0.4 is 10.6 Å². The molecule has 0 spiro atoms. The van der Waals surface area contributed by atoms with Gasteiger partial charge < -0.3 is 15.4 Å². The monoisotopic (exact) mass is 242 g/mol. The molecule has 3 atom stereocenters. The van der Waals surface area contributed by atoms with Gasteiger partial charge in [0.15, 0.2) is 0 Å². The SMILES string of the molecule is COCCNCC(=O)NC1CCC(C)C(C)C1. The molecule has 4 nitrogen and oxygen atoms in total. The molecule has 1 fully saturated rings. The van der Waals surface area contributed by atoms with Crippen LogP contribution in [0.2, 0.25) is 0 Å². The predicted molar refractivity (Wildman–Crippen MR) is 68.9 cm³/mol. The van der Waals surface area contributed by atoms with Crippen molar-refractivity contribution >= 4 is 5.91 Å². The van der Waals surface area contributed by atoms with Crippen molar-refractivity contribution in [3.63, 3.8) is 0 Å². The van der Waals surface area contributed by atoms with Crippen molar-refractivity contribution < 1.29 is 9.53 Å². The summed E-state index contributed by atoms with van der Waals surface area (Å²) in [7, 11) is 1.66. The number of amides is 1. The molecule has 0 aromatic carbocycles. The Morgan fingerprint density at radius 1 is 1.29 bits per heavy atom. The van der Waals surface area contributed by atoms with Crippen LogP contribution in [0.1, 0.15) is 33.1 Å². The number of hydrogen-bond donors (Lipinski definition) is 2. The molecule has 1 amide bonds. The van der Waals surface area contributed by atoms with Crippen LogP contribution in [0, 0.1) is 11.8 Å². The summed E-state index contributed by atoms with van der Waals surface area (Å²) in [5.41, 5.74) is 0. The Kier molecular flexibility index (Phi) is 6.52. The van der Waals surface area contributed by atoms with Crippen molar-refractivity contribution in [2.45, 2.75) is 39.2 Å². The number of methoxy groups -OCH3 is 1. The van der Waals surface area contributed by atoms with E-state index in [2.05, 4.69) is 24.5 Å². The van der Waals surface area contributed by atoms with Crippen LogP contribution in [0.4, 0.5) is 0 Å². The zero-order chi connectivity index (χ0) is 12.7. The first-order valence-corrected chi connectivity index (χ1v) is 6.62. The Morgan fingerprint density at radius 3 is 2.71 bits per heavy atom. The van der Waals surface area contributed by atoms with Crippen molar-refractivity contribution in [1.82, 2.24) is 10.6 Å². The number of ether oxygens (including phenoxy) is 1. The normalized spacial score (nSPS) is 29.0. The van der Waals surface area contributed by atoms with Crippen LogP contribution in [0.3, 0.4) is 0 Å². The molecule has 1 aliphatic carbocycles. The molecule has 1 rings (SSSR count). The number of carbonyl (C=O) groups is 1. The molecule has 1 aliphatic rings.